The summed E-state index contributed by atoms with van der Waals surface area (Å²) in [6, 6.07) is 23.0. The number of para-hydroxylation sites is 1. The minimum absolute atomic E-state index is 0.0330. The van der Waals surface area contributed by atoms with E-state index in [2.05, 4.69) is 18.3 Å². The van der Waals surface area contributed by atoms with Crippen LogP contribution in [0.1, 0.15) is 44.3 Å². The summed E-state index contributed by atoms with van der Waals surface area (Å²) in [5.41, 5.74) is 5.54. The average molecular weight is 384 g/mol. The number of hydrogen-bond donors (Lipinski definition) is 1. The van der Waals surface area contributed by atoms with E-state index in [0.29, 0.717) is 17.7 Å². The van der Waals surface area contributed by atoms with Crippen LogP contribution in [0.25, 0.3) is 0 Å². The van der Waals surface area contributed by atoms with Crippen LogP contribution in [-0.4, -0.2) is 17.9 Å². The Hall–Kier alpha value is -3.40. The molecule has 1 unspecified atom stereocenters. The molecule has 0 saturated heterocycles. The Kier molecular flexibility index (Phi) is 5.17. The van der Waals surface area contributed by atoms with Crippen molar-refractivity contribution in [1.82, 2.24) is 5.32 Å². The highest BCUT2D eigenvalue weighted by Crippen LogP contribution is 2.33. The predicted octanol–water partition coefficient (Wildman–Crippen LogP) is 4.52. The first kappa shape index (κ1) is 18.9. The molecule has 1 atom stereocenters. The molecule has 1 N–H and O–H groups in total. The maximum atomic E-state index is 13.1. The summed E-state index contributed by atoms with van der Waals surface area (Å²) >= 11 is 0. The molecule has 0 radical (unpaired) electrons. The number of anilines is 1. The summed E-state index contributed by atoms with van der Waals surface area (Å²) in [7, 11) is 0. The van der Waals surface area contributed by atoms with E-state index in [-0.39, 0.29) is 17.9 Å². The van der Waals surface area contributed by atoms with Crippen molar-refractivity contribution in [2.75, 3.05) is 4.90 Å². The van der Waals surface area contributed by atoms with Gasteiger partial charge < -0.3 is 10.2 Å². The lowest BCUT2D eigenvalue weighted by molar-refractivity contribution is 0.0947. The molecule has 3 aromatic carbocycles. The third kappa shape index (κ3) is 3.79. The molecule has 3 aromatic rings. The molecule has 1 aliphatic heterocycles. The normalized spacial score (nSPS) is 15.1. The summed E-state index contributed by atoms with van der Waals surface area (Å²) in [6.45, 7) is 4.57. The molecule has 1 heterocycles. The van der Waals surface area contributed by atoms with Crippen molar-refractivity contribution in [2.24, 2.45) is 0 Å². The number of fused-ring (bicyclic) bond motifs is 1. The van der Waals surface area contributed by atoms with Gasteiger partial charge in [-0.05, 0) is 67.3 Å². The highest BCUT2D eigenvalue weighted by molar-refractivity contribution is 6.08. The largest absolute Gasteiger partial charge is 0.348 e. The van der Waals surface area contributed by atoms with Gasteiger partial charge in [0.25, 0.3) is 11.8 Å². The minimum atomic E-state index is -0.146. The van der Waals surface area contributed by atoms with Crippen LogP contribution in [0.4, 0.5) is 5.69 Å². The zero-order valence-electron chi connectivity index (χ0n) is 16.7. The number of hydrogen-bond acceptors (Lipinski definition) is 2. The summed E-state index contributed by atoms with van der Waals surface area (Å²) < 4.78 is 0. The van der Waals surface area contributed by atoms with Gasteiger partial charge in [0.15, 0.2) is 0 Å². The standard InChI is InChI=1S/C25H24N2O2/c1-17-7-3-4-9-22(17)16-26-24(28)19-11-13-20(14-12-19)25(29)27-18(2)15-21-8-5-6-10-23(21)27/h3-14,18H,15-16H2,1-2H3,(H,26,28). The third-order valence-corrected chi connectivity index (χ3v) is 5.52. The van der Waals surface area contributed by atoms with Crippen LogP contribution < -0.4 is 10.2 Å². The summed E-state index contributed by atoms with van der Waals surface area (Å²) in [5.74, 6) is -0.179. The Morgan fingerprint density at radius 3 is 2.34 bits per heavy atom. The molecule has 1 aliphatic rings. The zero-order chi connectivity index (χ0) is 20.4. The van der Waals surface area contributed by atoms with Crippen LogP contribution in [0.5, 0.6) is 0 Å². The van der Waals surface area contributed by atoms with E-state index in [1.54, 1.807) is 24.3 Å². The average Bonchev–Trinajstić information content (AvgIpc) is 3.08. The molecule has 0 bridgehead atoms. The topological polar surface area (TPSA) is 49.4 Å². The van der Waals surface area contributed by atoms with Crippen molar-refractivity contribution < 1.29 is 9.59 Å². The number of nitrogens with zero attached hydrogens (tertiary/aromatic N) is 1. The van der Waals surface area contributed by atoms with Gasteiger partial charge >= 0.3 is 0 Å². The number of carbonyl (C=O) groups is 2. The van der Waals surface area contributed by atoms with Gasteiger partial charge in [-0.15, -0.1) is 0 Å². The molecule has 146 valence electrons. The first-order valence-electron chi connectivity index (χ1n) is 9.89. The van der Waals surface area contributed by atoms with Crippen molar-refractivity contribution in [3.8, 4) is 0 Å². The van der Waals surface area contributed by atoms with Crippen molar-refractivity contribution in [3.05, 3.63) is 101 Å². The van der Waals surface area contributed by atoms with E-state index < -0.39 is 0 Å². The lowest BCUT2D eigenvalue weighted by atomic mass is 10.1. The van der Waals surface area contributed by atoms with Crippen LogP contribution in [-0.2, 0) is 13.0 Å². The van der Waals surface area contributed by atoms with Gasteiger partial charge in [-0.25, -0.2) is 0 Å². The maximum absolute atomic E-state index is 13.1. The monoisotopic (exact) mass is 384 g/mol. The zero-order valence-corrected chi connectivity index (χ0v) is 16.7. The molecule has 0 saturated carbocycles. The Morgan fingerprint density at radius 1 is 0.931 bits per heavy atom. The fraction of sp³-hybridized carbons (Fsp3) is 0.200. The van der Waals surface area contributed by atoms with Crippen molar-refractivity contribution in [3.63, 3.8) is 0 Å². The van der Waals surface area contributed by atoms with E-state index in [9.17, 15) is 9.59 Å². The second kappa shape index (κ2) is 7.92. The maximum Gasteiger partial charge on any atom is 0.258 e. The van der Waals surface area contributed by atoms with E-state index in [4.69, 9.17) is 0 Å². The van der Waals surface area contributed by atoms with Crippen LogP contribution in [0.2, 0.25) is 0 Å². The molecule has 4 heteroatoms. The predicted molar refractivity (Wildman–Crippen MR) is 115 cm³/mol. The molecule has 4 nitrogen and oxygen atoms in total. The smallest absolute Gasteiger partial charge is 0.258 e. The van der Waals surface area contributed by atoms with Crippen LogP contribution >= 0.6 is 0 Å². The molecule has 0 fully saturated rings. The van der Waals surface area contributed by atoms with Gasteiger partial charge in [-0.3, -0.25) is 9.59 Å². The minimum Gasteiger partial charge on any atom is -0.348 e. The fourth-order valence-electron chi connectivity index (χ4n) is 3.86. The van der Waals surface area contributed by atoms with Crippen molar-refractivity contribution in [2.45, 2.75) is 32.9 Å². The van der Waals surface area contributed by atoms with Gasteiger partial charge in [0.2, 0.25) is 0 Å². The van der Waals surface area contributed by atoms with Crippen LogP contribution in [0, 0.1) is 6.92 Å². The second-order valence-corrected chi connectivity index (χ2v) is 7.54. The number of carbonyl (C=O) groups excluding carboxylic acids is 2. The molecular formula is C25H24N2O2. The molecule has 2 amide bonds. The summed E-state index contributed by atoms with van der Waals surface area (Å²) in [4.78, 5) is 27.4. The van der Waals surface area contributed by atoms with E-state index in [0.717, 1.165) is 23.2 Å². The van der Waals surface area contributed by atoms with Crippen LogP contribution in [0.3, 0.4) is 0 Å². The summed E-state index contributed by atoms with van der Waals surface area (Å²) in [6.07, 6.45) is 0.862. The van der Waals surface area contributed by atoms with Crippen molar-refractivity contribution >= 4 is 17.5 Å². The lowest BCUT2D eigenvalue weighted by Crippen LogP contribution is -2.35. The highest BCUT2D eigenvalue weighted by atomic mass is 16.2. The summed E-state index contributed by atoms with van der Waals surface area (Å²) in [5, 5.41) is 2.95. The Bertz CT molecular complexity index is 1060. The van der Waals surface area contributed by atoms with Crippen molar-refractivity contribution in [1.29, 1.82) is 0 Å². The second-order valence-electron chi connectivity index (χ2n) is 7.54. The lowest BCUT2D eigenvalue weighted by Gasteiger charge is -2.23. The van der Waals surface area contributed by atoms with Gasteiger partial charge in [-0.1, -0.05) is 42.5 Å². The van der Waals surface area contributed by atoms with E-state index in [1.807, 2.05) is 54.3 Å². The van der Waals surface area contributed by atoms with Gasteiger partial charge in [0, 0.05) is 29.4 Å². The quantitative estimate of drug-likeness (QED) is 0.719. The van der Waals surface area contributed by atoms with E-state index in [1.165, 1.54) is 5.56 Å². The molecular weight excluding hydrogens is 360 g/mol. The highest BCUT2D eigenvalue weighted by Gasteiger charge is 2.31. The van der Waals surface area contributed by atoms with Gasteiger partial charge in [0.1, 0.15) is 0 Å². The molecule has 0 spiro atoms. The van der Waals surface area contributed by atoms with Crippen LogP contribution in [0.15, 0.2) is 72.8 Å². The molecule has 0 aliphatic carbocycles. The number of rotatable bonds is 4. The SMILES string of the molecule is Cc1ccccc1CNC(=O)c1ccc(C(=O)N2c3ccccc3CC2C)cc1. The molecule has 29 heavy (non-hydrogen) atoms. The molecule has 4 rings (SSSR count). The number of amides is 2. The van der Waals surface area contributed by atoms with Gasteiger partial charge in [0.05, 0.1) is 0 Å². The molecule has 0 aromatic heterocycles. The first-order chi connectivity index (χ1) is 14.0. The number of benzene rings is 3. The van der Waals surface area contributed by atoms with Gasteiger partial charge in [-0.2, -0.15) is 0 Å². The number of aryl methyl sites for hydroxylation is 1. The number of nitrogens with one attached hydrogen (secondary N) is 1. The first-order valence-corrected chi connectivity index (χ1v) is 9.89. The van der Waals surface area contributed by atoms with E-state index >= 15 is 0 Å². The Morgan fingerprint density at radius 2 is 1.59 bits per heavy atom. The Balaban J connectivity index is 1.46. The third-order valence-electron chi connectivity index (χ3n) is 5.52. The Labute approximate surface area is 171 Å². The fourth-order valence-corrected chi connectivity index (χ4v) is 3.86.